The van der Waals surface area contributed by atoms with Gasteiger partial charge in [0.2, 0.25) is 12.7 Å². The van der Waals surface area contributed by atoms with Gasteiger partial charge in [0.15, 0.2) is 11.5 Å². The Morgan fingerprint density at radius 2 is 1.79 bits per heavy atom. The molecule has 3 aromatic carbocycles. The van der Waals surface area contributed by atoms with E-state index in [0.29, 0.717) is 39.0 Å². The molecular formula is C28H24ClN3O7. The predicted molar refractivity (Wildman–Crippen MR) is 142 cm³/mol. The van der Waals surface area contributed by atoms with Crippen LogP contribution in [0.2, 0.25) is 5.02 Å². The van der Waals surface area contributed by atoms with Gasteiger partial charge in [-0.05, 0) is 67.1 Å². The summed E-state index contributed by atoms with van der Waals surface area (Å²) in [6.07, 6.45) is -0.286. The molecule has 0 aromatic heterocycles. The molecule has 39 heavy (non-hydrogen) atoms. The molecule has 1 N–H and O–H groups in total. The second-order valence-electron chi connectivity index (χ2n) is 8.82. The smallest absolute Gasteiger partial charge is 0.338 e. The second kappa shape index (κ2) is 11.0. The fraction of sp³-hybridized carbons (Fsp3) is 0.214. The fourth-order valence-corrected chi connectivity index (χ4v) is 4.58. The van der Waals surface area contributed by atoms with E-state index >= 15 is 0 Å². The number of nitrogens with zero attached hydrogens (tertiary/aromatic N) is 2. The van der Waals surface area contributed by atoms with Crippen molar-refractivity contribution in [3.63, 3.8) is 0 Å². The van der Waals surface area contributed by atoms with Gasteiger partial charge < -0.3 is 24.4 Å². The van der Waals surface area contributed by atoms with Crippen LogP contribution < -0.4 is 19.7 Å². The molecule has 0 saturated carbocycles. The average Bonchev–Trinajstić information content (AvgIpc) is 3.47. The van der Waals surface area contributed by atoms with Gasteiger partial charge in [0, 0.05) is 17.3 Å². The number of carbonyl (C=O) groups excluding carboxylic acids is 4. The quantitative estimate of drug-likeness (QED) is 0.322. The molecule has 1 fully saturated rings. The monoisotopic (exact) mass is 549 g/mol. The summed E-state index contributed by atoms with van der Waals surface area (Å²) in [4.78, 5) is 54.3. The molecule has 2 aliphatic rings. The summed E-state index contributed by atoms with van der Waals surface area (Å²) in [6.45, 7) is 2.13. The molecule has 0 radical (unpaired) electrons. The molecule has 0 spiro atoms. The predicted octanol–water partition coefficient (Wildman–Crippen LogP) is 4.61. The summed E-state index contributed by atoms with van der Waals surface area (Å²) in [5.41, 5.74) is 1.79. The van der Waals surface area contributed by atoms with Crippen molar-refractivity contribution in [2.75, 3.05) is 23.6 Å². The maximum absolute atomic E-state index is 13.5. The maximum atomic E-state index is 13.5. The number of rotatable bonds is 8. The van der Waals surface area contributed by atoms with Gasteiger partial charge in [0.25, 0.3) is 5.91 Å². The molecule has 0 unspecified atom stereocenters. The topological polar surface area (TPSA) is 114 Å². The third-order valence-corrected chi connectivity index (χ3v) is 6.47. The number of halogens is 1. The fourth-order valence-electron chi connectivity index (χ4n) is 4.39. The molecule has 11 heteroatoms. The summed E-state index contributed by atoms with van der Waals surface area (Å²) in [5, 5.41) is 3.09. The second-order valence-corrected chi connectivity index (χ2v) is 9.25. The van der Waals surface area contributed by atoms with Crippen molar-refractivity contribution in [2.45, 2.75) is 25.9 Å². The van der Waals surface area contributed by atoms with Crippen LogP contribution in [0, 0.1) is 0 Å². The maximum Gasteiger partial charge on any atom is 0.338 e. The molecule has 4 amide bonds. The van der Waals surface area contributed by atoms with Crippen molar-refractivity contribution >= 4 is 46.8 Å². The zero-order valence-corrected chi connectivity index (χ0v) is 21.6. The number of esters is 1. The van der Waals surface area contributed by atoms with Gasteiger partial charge in [0.1, 0.15) is 6.04 Å². The number of imide groups is 1. The summed E-state index contributed by atoms with van der Waals surface area (Å²) in [5.74, 6) is -0.360. The number of amides is 4. The Labute approximate surface area is 229 Å². The molecule has 5 rings (SSSR count). The van der Waals surface area contributed by atoms with Crippen LogP contribution in [0.3, 0.4) is 0 Å². The minimum Gasteiger partial charge on any atom is -0.462 e. The number of hydrogen-bond donors (Lipinski definition) is 1. The van der Waals surface area contributed by atoms with Crippen LogP contribution in [0.4, 0.5) is 16.2 Å². The molecule has 3 aromatic rings. The van der Waals surface area contributed by atoms with Crippen molar-refractivity contribution in [1.82, 2.24) is 4.90 Å². The van der Waals surface area contributed by atoms with Gasteiger partial charge in [-0.1, -0.05) is 23.7 Å². The zero-order valence-electron chi connectivity index (χ0n) is 20.9. The Morgan fingerprint density at radius 1 is 1.03 bits per heavy atom. The lowest BCUT2D eigenvalue weighted by molar-refractivity contribution is -0.124. The highest BCUT2D eigenvalue weighted by Crippen LogP contribution is 2.35. The van der Waals surface area contributed by atoms with Crippen LogP contribution >= 0.6 is 11.6 Å². The Morgan fingerprint density at radius 3 is 2.54 bits per heavy atom. The van der Waals surface area contributed by atoms with Crippen LogP contribution in [-0.2, 0) is 20.9 Å². The van der Waals surface area contributed by atoms with E-state index in [9.17, 15) is 19.2 Å². The molecule has 1 atom stereocenters. The minimum atomic E-state index is -1.07. The van der Waals surface area contributed by atoms with E-state index in [1.807, 2.05) is 0 Å². The van der Waals surface area contributed by atoms with Gasteiger partial charge in [0.05, 0.1) is 24.3 Å². The first-order chi connectivity index (χ1) is 18.8. The first-order valence-electron chi connectivity index (χ1n) is 12.2. The van der Waals surface area contributed by atoms with E-state index in [-0.39, 0.29) is 26.4 Å². The number of ether oxygens (including phenoxy) is 3. The normalized spacial score (nSPS) is 16.0. The van der Waals surface area contributed by atoms with Crippen LogP contribution in [0.15, 0.2) is 66.7 Å². The average molecular weight is 550 g/mol. The molecule has 1 saturated heterocycles. The van der Waals surface area contributed by atoms with Crippen LogP contribution in [-0.4, -0.2) is 48.2 Å². The van der Waals surface area contributed by atoms with Crippen molar-refractivity contribution in [2.24, 2.45) is 0 Å². The highest BCUT2D eigenvalue weighted by molar-refractivity contribution is 6.31. The van der Waals surface area contributed by atoms with E-state index < -0.39 is 29.9 Å². The number of nitrogens with one attached hydrogen (secondary N) is 1. The molecule has 2 aliphatic heterocycles. The van der Waals surface area contributed by atoms with E-state index in [1.165, 1.54) is 23.1 Å². The Bertz CT molecular complexity index is 1440. The molecule has 200 valence electrons. The Balaban J connectivity index is 1.37. The van der Waals surface area contributed by atoms with Gasteiger partial charge in [-0.25, -0.2) is 14.5 Å². The van der Waals surface area contributed by atoms with Crippen molar-refractivity contribution < 1.29 is 33.4 Å². The number of fused-ring (bicyclic) bond motifs is 1. The lowest BCUT2D eigenvalue weighted by Crippen LogP contribution is -2.37. The Hall–Kier alpha value is -4.57. The number of hydrogen-bond acceptors (Lipinski definition) is 7. The summed E-state index contributed by atoms with van der Waals surface area (Å²) in [6, 6.07) is 16.2. The third-order valence-electron chi connectivity index (χ3n) is 6.23. The van der Waals surface area contributed by atoms with Crippen molar-refractivity contribution in [3.8, 4) is 11.5 Å². The first kappa shape index (κ1) is 26.1. The van der Waals surface area contributed by atoms with E-state index in [1.54, 1.807) is 55.5 Å². The molecule has 2 heterocycles. The van der Waals surface area contributed by atoms with Crippen LogP contribution in [0.5, 0.6) is 11.5 Å². The lowest BCUT2D eigenvalue weighted by atomic mass is 10.1. The molecule has 0 bridgehead atoms. The van der Waals surface area contributed by atoms with Crippen molar-refractivity contribution in [3.05, 3.63) is 82.9 Å². The third kappa shape index (κ3) is 5.51. The first-order valence-corrected chi connectivity index (χ1v) is 12.6. The highest BCUT2D eigenvalue weighted by Gasteiger charge is 2.46. The molecule has 0 aliphatic carbocycles. The van der Waals surface area contributed by atoms with Gasteiger partial charge in [-0.15, -0.1) is 0 Å². The lowest BCUT2D eigenvalue weighted by Gasteiger charge is -2.22. The minimum absolute atomic E-state index is 0.0600. The van der Waals surface area contributed by atoms with Crippen LogP contribution in [0.25, 0.3) is 0 Å². The summed E-state index contributed by atoms with van der Waals surface area (Å²) >= 11 is 6.12. The molecular weight excluding hydrogens is 526 g/mol. The van der Waals surface area contributed by atoms with E-state index in [4.69, 9.17) is 25.8 Å². The number of anilines is 2. The number of carbonyl (C=O) groups is 4. The van der Waals surface area contributed by atoms with Gasteiger partial charge >= 0.3 is 12.0 Å². The van der Waals surface area contributed by atoms with E-state index in [2.05, 4.69) is 5.32 Å². The standard InChI is InChI=1S/C28H24ClN3O7/c1-2-37-27(35)18-7-9-20(10-8-18)30-25(33)14-22-26(34)32(21-5-3-4-19(29)13-21)28(36)31(22)15-17-6-11-23-24(12-17)39-16-38-23/h3-13,22H,2,14-16H2,1H3,(H,30,33)/t22-/m1/s1. The SMILES string of the molecule is CCOC(=O)c1ccc(NC(=O)C[C@@H]2C(=O)N(c3cccc(Cl)c3)C(=O)N2Cc2ccc3c(c2)OCO3)cc1. The Kier molecular flexibility index (Phi) is 7.38. The van der Waals surface area contributed by atoms with Crippen LogP contribution in [0.1, 0.15) is 29.3 Å². The van der Waals surface area contributed by atoms with E-state index in [0.717, 1.165) is 4.90 Å². The highest BCUT2D eigenvalue weighted by atomic mass is 35.5. The van der Waals surface area contributed by atoms with Crippen molar-refractivity contribution in [1.29, 1.82) is 0 Å². The summed E-state index contributed by atoms with van der Waals surface area (Å²) < 4.78 is 15.8. The number of urea groups is 1. The molecule has 10 nitrogen and oxygen atoms in total. The zero-order chi connectivity index (χ0) is 27.5. The summed E-state index contributed by atoms with van der Waals surface area (Å²) in [7, 11) is 0. The van der Waals surface area contributed by atoms with Gasteiger partial charge in [-0.2, -0.15) is 0 Å². The number of benzene rings is 3. The largest absolute Gasteiger partial charge is 0.462 e. The van der Waals surface area contributed by atoms with Gasteiger partial charge in [-0.3, -0.25) is 9.59 Å².